The largest absolute Gasteiger partial charge is 0.417 e. The minimum Gasteiger partial charge on any atom is -0.417 e. The molecule has 0 N–H and O–H groups in total. The quantitative estimate of drug-likeness (QED) is 0.0507. The van der Waals surface area contributed by atoms with Gasteiger partial charge in [0, 0.05) is 31.0 Å². The summed E-state index contributed by atoms with van der Waals surface area (Å²) in [6, 6.07) is 20.6. The third-order valence-electron chi connectivity index (χ3n) is 12.9. The zero-order valence-corrected chi connectivity index (χ0v) is 40.9. The van der Waals surface area contributed by atoms with Crippen molar-refractivity contribution in [2.24, 2.45) is 23.7 Å². The Morgan fingerprint density at radius 3 is 1.82 bits per heavy atom. The van der Waals surface area contributed by atoms with Crippen LogP contribution in [0.4, 0.5) is 0 Å². The summed E-state index contributed by atoms with van der Waals surface area (Å²) in [5.74, 6) is -0.142. The van der Waals surface area contributed by atoms with Crippen LogP contribution in [0.2, 0.25) is 36.3 Å². The monoisotopic (exact) mass is 827 g/mol. The van der Waals surface area contributed by atoms with Gasteiger partial charge in [-0.2, -0.15) is 0 Å². The van der Waals surface area contributed by atoms with E-state index in [2.05, 4.69) is 132 Å². The Morgan fingerprint density at radius 2 is 1.28 bits per heavy atom. The van der Waals surface area contributed by atoms with Gasteiger partial charge in [0.1, 0.15) is 6.79 Å². The van der Waals surface area contributed by atoms with Crippen molar-refractivity contribution in [3.8, 4) is 0 Å². The Kier molecular flexibility index (Phi) is 18.9. The molecule has 8 atom stereocenters. The van der Waals surface area contributed by atoms with Crippen molar-refractivity contribution in [3.05, 3.63) is 83.9 Å². The van der Waals surface area contributed by atoms with Gasteiger partial charge in [0.25, 0.3) is 0 Å². The highest BCUT2D eigenvalue weighted by Crippen LogP contribution is 2.41. The second-order valence-corrected chi connectivity index (χ2v) is 29.8. The fourth-order valence-electron chi connectivity index (χ4n) is 7.01. The molecule has 0 spiro atoms. The average molecular weight is 827 g/mol. The van der Waals surface area contributed by atoms with Crippen LogP contribution in [0.15, 0.2) is 72.8 Å². The van der Waals surface area contributed by atoms with Crippen molar-refractivity contribution in [3.63, 3.8) is 0 Å². The number of ether oxygens (including phenoxy) is 5. The number of hydrogen-bond donors (Lipinski definition) is 0. The van der Waals surface area contributed by atoms with E-state index in [1.807, 2.05) is 50.2 Å². The standard InChI is InChI=1S/C48H82O7Si2/c1-36(45-38(3)42(53-48(11,12)54-45)30-31-49-33-40-23-19-17-20-24-40)27-28-43(55-57(15,16)47(8,9)10)39(4)44(51-35-50-34-41-25-21-18-22-26-41)37(2)29-32-52-56(13,14)46(5,6)7/h17-28,36-39,42-45H,29-35H2,1-16H3/b28-27-/t36-,37+,38+,39-,42-,43+,44+,45-/m0/s1. The zero-order valence-electron chi connectivity index (χ0n) is 38.9. The predicted molar refractivity (Wildman–Crippen MR) is 241 cm³/mol. The Hall–Kier alpha value is -1.67. The molecule has 7 nitrogen and oxygen atoms in total. The molecule has 1 saturated heterocycles. The van der Waals surface area contributed by atoms with Gasteiger partial charge in [0.05, 0.1) is 37.6 Å². The lowest BCUT2D eigenvalue weighted by Crippen LogP contribution is -2.52. The summed E-state index contributed by atoms with van der Waals surface area (Å²) >= 11 is 0. The first kappa shape index (κ1) is 49.7. The van der Waals surface area contributed by atoms with Crippen molar-refractivity contribution in [1.29, 1.82) is 0 Å². The van der Waals surface area contributed by atoms with Gasteiger partial charge in [-0.05, 0) is 80.0 Å². The Labute approximate surface area is 351 Å². The molecule has 0 bridgehead atoms. The van der Waals surface area contributed by atoms with Gasteiger partial charge < -0.3 is 32.5 Å². The van der Waals surface area contributed by atoms with Gasteiger partial charge in [0.2, 0.25) is 0 Å². The minimum atomic E-state index is -2.19. The van der Waals surface area contributed by atoms with Crippen molar-refractivity contribution < 1.29 is 32.5 Å². The SMILES string of the molecule is C[C@H]([C@H](OCOCc1ccccc1)[C@H](C)CCO[Si](C)(C)C(C)(C)C)[C@@H](/C=C\[C@H](C)[C@@H]1OC(C)(C)O[C@@H](CCOCc2ccccc2)[C@H]1C)O[Si](C)(C)C(C)(C)C. The fraction of sp³-hybridized carbons (Fsp3) is 0.708. The Balaban J connectivity index is 1.83. The van der Waals surface area contributed by atoms with Crippen LogP contribution in [0.1, 0.15) is 107 Å². The van der Waals surface area contributed by atoms with Gasteiger partial charge in [-0.25, -0.2) is 0 Å². The smallest absolute Gasteiger partial charge is 0.192 e. The summed E-state index contributed by atoms with van der Waals surface area (Å²) in [4.78, 5) is 0. The van der Waals surface area contributed by atoms with Gasteiger partial charge >= 0.3 is 0 Å². The third kappa shape index (κ3) is 15.7. The molecule has 324 valence electrons. The number of rotatable bonds is 22. The molecular formula is C48H82O7Si2. The van der Waals surface area contributed by atoms with Gasteiger partial charge in [0.15, 0.2) is 22.4 Å². The van der Waals surface area contributed by atoms with Crippen LogP contribution in [-0.4, -0.2) is 66.8 Å². The van der Waals surface area contributed by atoms with E-state index in [9.17, 15) is 0 Å². The molecule has 0 saturated carbocycles. The van der Waals surface area contributed by atoms with E-state index in [4.69, 9.17) is 32.5 Å². The Morgan fingerprint density at radius 1 is 0.737 bits per heavy atom. The second-order valence-electron chi connectivity index (χ2n) is 20.2. The summed E-state index contributed by atoms with van der Waals surface area (Å²) in [5.41, 5.74) is 2.31. The maximum Gasteiger partial charge on any atom is 0.192 e. The van der Waals surface area contributed by atoms with Crippen LogP contribution in [0.3, 0.4) is 0 Å². The average Bonchev–Trinajstić information content (AvgIpc) is 3.12. The van der Waals surface area contributed by atoms with Crippen LogP contribution in [0, 0.1) is 23.7 Å². The first-order valence-electron chi connectivity index (χ1n) is 21.6. The lowest BCUT2D eigenvalue weighted by molar-refractivity contribution is -0.326. The van der Waals surface area contributed by atoms with E-state index in [0.717, 1.165) is 18.4 Å². The highest BCUT2D eigenvalue weighted by molar-refractivity contribution is 6.74. The molecule has 0 unspecified atom stereocenters. The van der Waals surface area contributed by atoms with E-state index in [1.165, 1.54) is 5.56 Å². The zero-order chi connectivity index (χ0) is 42.7. The number of benzene rings is 2. The summed E-state index contributed by atoms with van der Waals surface area (Å²) in [7, 11) is -4.08. The van der Waals surface area contributed by atoms with Gasteiger partial charge in [-0.3, -0.25) is 0 Å². The molecular weight excluding hydrogens is 745 g/mol. The third-order valence-corrected chi connectivity index (χ3v) is 21.9. The summed E-state index contributed by atoms with van der Waals surface area (Å²) in [6.45, 7) is 39.0. The molecule has 57 heavy (non-hydrogen) atoms. The molecule has 0 aromatic heterocycles. The molecule has 0 radical (unpaired) electrons. The van der Waals surface area contributed by atoms with Crippen molar-refractivity contribution in [2.75, 3.05) is 20.0 Å². The van der Waals surface area contributed by atoms with Crippen molar-refractivity contribution in [2.45, 2.75) is 176 Å². The molecule has 1 fully saturated rings. The van der Waals surface area contributed by atoms with Crippen LogP contribution >= 0.6 is 0 Å². The van der Waals surface area contributed by atoms with Crippen molar-refractivity contribution >= 4 is 16.6 Å². The van der Waals surface area contributed by atoms with E-state index < -0.39 is 22.4 Å². The van der Waals surface area contributed by atoms with E-state index >= 15 is 0 Å². The predicted octanol–water partition coefficient (Wildman–Crippen LogP) is 12.6. The van der Waals surface area contributed by atoms with E-state index in [-0.39, 0.29) is 65.0 Å². The second kappa shape index (κ2) is 21.7. The highest BCUT2D eigenvalue weighted by Gasteiger charge is 2.44. The fourth-order valence-corrected chi connectivity index (χ4v) is 9.40. The minimum absolute atomic E-state index is 0.0200. The number of hydrogen-bond acceptors (Lipinski definition) is 7. The highest BCUT2D eigenvalue weighted by atomic mass is 28.4. The van der Waals surface area contributed by atoms with Crippen molar-refractivity contribution in [1.82, 2.24) is 0 Å². The Bertz CT molecular complexity index is 1450. The molecule has 2 aromatic rings. The lowest BCUT2D eigenvalue weighted by atomic mass is 9.84. The van der Waals surface area contributed by atoms with Gasteiger partial charge in [-0.1, -0.05) is 142 Å². The van der Waals surface area contributed by atoms with E-state index in [0.29, 0.717) is 26.4 Å². The molecule has 1 heterocycles. The normalized spacial score (nSPS) is 22.3. The molecule has 9 heteroatoms. The van der Waals surface area contributed by atoms with Crippen LogP contribution < -0.4 is 0 Å². The van der Waals surface area contributed by atoms with Crippen LogP contribution in [-0.2, 0) is 45.8 Å². The summed E-state index contributed by atoms with van der Waals surface area (Å²) in [5, 5.41) is 0.200. The summed E-state index contributed by atoms with van der Waals surface area (Å²) < 4.78 is 46.2. The van der Waals surface area contributed by atoms with E-state index in [1.54, 1.807) is 0 Å². The first-order chi connectivity index (χ1) is 26.4. The molecule has 1 aliphatic heterocycles. The molecule has 0 aliphatic carbocycles. The lowest BCUT2D eigenvalue weighted by Gasteiger charge is -2.47. The van der Waals surface area contributed by atoms with Crippen LogP contribution in [0.25, 0.3) is 0 Å². The summed E-state index contributed by atoms with van der Waals surface area (Å²) in [6.07, 6.45) is 6.05. The molecule has 2 aromatic carbocycles. The topological polar surface area (TPSA) is 64.6 Å². The van der Waals surface area contributed by atoms with Crippen LogP contribution in [0.5, 0.6) is 0 Å². The molecule has 1 aliphatic rings. The molecule has 3 rings (SSSR count). The van der Waals surface area contributed by atoms with Gasteiger partial charge in [-0.15, -0.1) is 0 Å². The first-order valence-corrected chi connectivity index (χ1v) is 27.5. The maximum absolute atomic E-state index is 7.33. The molecule has 0 amide bonds. The maximum atomic E-state index is 7.33.